The second-order valence-corrected chi connectivity index (χ2v) is 5.60. The first-order chi connectivity index (χ1) is 11.0. The molecule has 1 amide bonds. The van der Waals surface area contributed by atoms with Crippen molar-refractivity contribution < 1.29 is 9.53 Å². The monoisotopic (exact) mass is 327 g/mol. The number of nitrogens with one attached hydrogen (secondary N) is 1. The highest BCUT2D eigenvalue weighted by molar-refractivity contribution is 7.12. The number of amides is 1. The summed E-state index contributed by atoms with van der Waals surface area (Å²) in [5, 5.41) is 4.54. The maximum atomic E-state index is 11.4. The number of hydrogen-bond acceptors (Lipinski definition) is 5. The molecule has 23 heavy (non-hydrogen) atoms. The third-order valence-electron chi connectivity index (χ3n) is 2.68. The Hall–Kier alpha value is -2.86. The molecule has 0 fully saturated rings. The number of carbonyl (C=O) groups is 1. The number of benzene rings is 1. The molecule has 1 aromatic heterocycles. The molecule has 6 heteroatoms. The fourth-order valence-corrected chi connectivity index (χ4v) is 2.47. The number of ether oxygens (including phenoxy) is 1. The van der Waals surface area contributed by atoms with Crippen LogP contribution in [0, 0.1) is 0 Å². The molecule has 5 nitrogen and oxygen atoms in total. The number of rotatable bonds is 5. The van der Waals surface area contributed by atoms with Gasteiger partial charge in [-0.3, -0.25) is 4.79 Å². The molecule has 0 atom stereocenters. The van der Waals surface area contributed by atoms with Crippen molar-refractivity contribution in [3.8, 4) is 5.75 Å². The number of nitrogens with two attached hydrogens (primary N) is 1. The van der Waals surface area contributed by atoms with Gasteiger partial charge in [-0.25, -0.2) is 4.99 Å². The molecule has 0 saturated carbocycles. The zero-order valence-electron chi connectivity index (χ0n) is 12.7. The van der Waals surface area contributed by atoms with E-state index in [-0.39, 0.29) is 5.91 Å². The second-order valence-electron chi connectivity index (χ2n) is 4.68. The lowest BCUT2D eigenvalue weighted by Gasteiger charge is -2.10. The lowest BCUT2D eigenvalue weighted by Crippen LogP contribution is -2.11. The summed E-state index contributed by atoms with van der Waals surface area (Å²) in [5.41, 5.74) is 7.72. The Morgan fingerprint density at radius 2 is 2.22 bits per heavy atom. The van der Waals surface area contributed by atoms with E-state index in [2.05, 4.69) is 23.5 Å². The normalized spacial score (nSPS) is 10.9. The molecule has 0 aliphatic heterocycles. The van der Waals surface area contributed by atoms with Crippen LogP contribution in [0.2, 0.25) is 0 Å². The summed E-state index contributed by atoms with van der Waals surface area (Å²) in [5.74, 6) is 0.609. The second kappa shape index (κ2) is 7.42. The Morgan fingerprint density at radius 3 is 2.83 bits per heavy atom. The van der Waals surface area contributed by atoms with E-state index < -0.39 is 0 Å². The molecular weight excluding hydrogens is 310 g/mol. The number of aliphatic imine (C=N–C) groups is 1. The highest BCUT2D eigenvalue weighted by Gasteiger charge is 2.13. The van der Waals surface area contributed by atoms with Crippen molar-refractivity contribution in [1.29, 1.82) is 0 Å². The van der Waals surface area contributed by atoms with E-state index in [1.54, 1.807) is 37.3 Å². The summed E-state index contributed by atoms with van der Waals surface area (Å²) < 4.78 is 5.85. The molecule has 0 aliphatic rings. The van der Waals surface area contributed by atoms with Crippen molar-refractivity contribution in [2.45, 2.75) is 6.92 Å². The van der Waals surface area contributed by atoms with Crippen LogP contribution < -0.4 is 15.8 Å². The third-order valence-corrected chi connectivity index (χ3v) is 3.60. The maximum Gasteiger partial charge on any atom is 0.247 e. The molecular formula is C17H17N3O2S. The number of allylic oxidation sites excluding steroid dienone is 1. The fraction of sp³-hybridized carbons (Fsp3) is 0.0588. The standard InChI is InChI=1S/C17H17N3O2S/c1-4-15(21)20-12-6-5-7-13(10-12)22-17(19-11(2)3)16-14(18)8-9-23-16/h4-10H,1-2,18H2,3H3,(H,20,21). The molecule has 0 saturated heterocycles. The Bertz CT molecular complexity index is 778. The Morgan fingerprint density at radius 1 is 1.43 bits per heavy atom. The number of nitrogen functional groups attached to an aromatic ring is 1. The molecule has 0 radical (unpaired) electrons. The van der Waals surface area contributed by atoms with Gasteiger partial charge >= 0.3 is 0 Å². The van der Waals surface area contributed by atoms with Crippen LogP contribution in [0.5, 0.6) is 5.75 Å². The smallest absolute Gasteiger partial charge is 0.247 e. The summed E-state index contributed by atoms with van der Waals surface area (Å²) in [4.78, 5) is 16.4. The van der Waals surface area contributed by atoms with Gasteiger partial charge in [-0.15, -0.1) is 11.3 Å². The van der Waals surface area contributed by atoms with Gasteiger partial charge < -0.3 is 15.8 Å². The average molecular weight is 327 g/mol. The van der Waals surface area contributed by atoms with E-state index in [0.717, 1.165) is 4.88 Å². The van der Waals surface area contributed by atoms with Crippen LogP contribution in [0.1, 0.15) is 11.8 Å². The molecule has 2 aromatic rings. The number of carbonyl (C=O) groups excluding carboxylic acids is 1. The third kappa shape index (κ3) is 4.55. The molecule has 0 unspecified atom stereocenters. The topological polar surface area (TPSA) is 76.7 Å². The summed E-state index contributed by atoms with van der Waals surface area (Å²) in [6, 6.07) is 8.77. The first-order valence-electron chi connectivity index (χ1n) is 6.78. The van der Waals surface area contributed by atoms with Crippen LogP contribution in [0.4, 0.5) is 11.4 Å². The van der Waals surface area contributed by atoms with Crippen LogP contribution in [0.25, 0.3) is 0 Å². The van der Waals surface area contributed by atoms with E-state index in [9.17, 15) is 4.79 Å². The minimum absolute atomic E-state index is 0.291. The molecule has 0 bridgehead atoms. The van der Waals surface area contributed by atoms with Gasteiger partial charge in [-0.1, -0.05) is 19.2 Å². The predicted octanol–water partition coefficient (Wildman–Crippen LogP) is 3.81. The van der Waals surface area contributed by atoms with Crippen molar-refractivity contribution in [3.05, 3.63) is 65.5 Å². The highest BCUT2D eigenvalue weighted by atomic mass is 32.1. The van der Waals surface area contributed by atoms with E-state index in [1.807, 2.05) is 5.38 Å². The van der Waals surface area contributed by atoms with Crippen molar-refractivity contribution in [1.82, 2.24) is 0 Å². The van der Waals surface area contributed by atoms with Gasteiger partial charge in [0.2, 0.25) is 11.8 Å². The summed E-state index contributed by atoms with van der Waals surface area (Å²) in [6.07, 6.45) is 1.20. The van der Waals surface area contributed by atoms with Gasteiger partial charge in [-0.05, 0) is 36.6 Å². The van der Waals surface area contributed by atoms with E-state index in [0.29, 0.717) is 28.7 Å². The first kappa shape index (κ1) is 16.5. The maximum absolute atomic E-state index is 11.4. The quantitative estimate of drug-likeness (QED) is 0.498. The van der Waals surface area contributed by atoms with Crippen LogP contribution in [0.3, 0.4) is 0 Å². The zero-order valence-corrected chi connectivity index (χ0v) is 13.5. The molecule has 118 valence electrons. The van der Waals surface area contributed by atoms with Gasteiger partial charge in [0, 0.05) is 17.5 Å². The minimum atomic E-state index is -0.291. The average Bonchev–Trinajstić information content (AvgIpc) is 2.92. The van der Waals surface area contributed by atoms with E-state index in [4.69, 9.17) is 10.5 Å². The summed E-state index contributed by atoms with van der Waals surface area (Å²) >= 11 is 1.43. The fourth-order valence-electron chi connectivity index (χ4n) is 1.73. The van der Waals surface area contributed by atoms with Gasteiger partial charge in [-0.2, -0.15) is 0 Å². The van der Waals surface area contributed by atoms with Gasteiger partial charge in [0.1, 0.15) is 10.6 Å². The number of thiophene rings is 1. The van der Waals surface area contributed by atoms with Gasteiger partial charge in [0.05, 0.1) is 5.69 Å². The van der Waals surface area contributed by atoms with Crippen molar-refractivity contribution in [2.24, 2.45) is 4.99 Å². The molecule has 1 heterocycles. The molecule has 1 aromatic carbocycles. The van der Waals surface area contributed by atoms with E-state index >= 15 is 0 Å². The Balaban J connectivity index is 2.29. The number of hydrogen-bond donors (Lipinski definition) is 2. The van der Waals surface area contributed by atoms with E-state index in [1.165, 1.54) is 17.4 Å². The Labute approximate surface area is 138 Å². The van der Waals surface area contributed by atoms with Crippen LogP contribution >= 0.6 is 11.3 Å². The van der Waals surface area contributed by atoms with Crippen LogP contribution in [0.15, 0.2) is 65.6 Å². The molecule has 3 N–H and O–H groups in total. The molecule has 2 rings (SSSR count). The summed E-state index contributed by atoms with van der Waals surface area (Å²) in [7, 11) is 0. The van der Waals surface area contributed by atoms with Crippen LogP contribution in [-0.4, -0.2) is 11.8 Å². The minimum Gasteiger partial charge on any atom is -0.437 e. The van der Waals surface area contributed by atoms with Gasteiger partial charge in [0.25, 0.3) is 0 Å². The van der Waals surface area contributed by atoms with Crippen molar-refractivity contribution in [3.63, 3.8) is 0 Å². The predicted molar refractivity (Wildman–Crippen MR) is 96.0 cm³/mol. The summed E-state index contributed by atoms with van der Waals surface area (Å²) in [6.45, 7) is 8.96. The van der Waals surface area contributed by atoms with Crippen molar-refractivity contribution >= 4 is 34.5 Å². The lowest BCUT2D eigenvalue weighted by atomic mass is 10.3. The molecule has 0 spiro atoms. The zero-order chi connectivity index (χ0) is 16.8. The first-order valence-corrected chi connectivity index (χ1v) is 7.66. The lowest BCUT2D eigenvalue weighted by molar-refractivity contribution is -0.111. The van der Waals surface area contributed by atoms with Crippen LogP contribution in [-0.2, 0) is 4.79 Å². The largest absolute Gasteiger partial charge is 0.437 e. The number of nitrogens with zero attached hydrogens (tertiary/aromatic N) is 1. The Kier molecular flexibility index (Phi) is 5.32. The number of anilines is 2. The van der Waals surface area contributed by atoms with Crippen molar-refractivity contribution in [2.75, 3.05) is 11.1 Å². The SMILES string of the molecule is C=CC(=O)Nc1cccc(OC(=NC(=C)C)c2sccc2N)c1. The van der Waals surface area contributed by atoms with Gasteiger partial charge in [0.15, 0.2) is 0 Å². The highest BCUT2D eigenvalue weighted by Crippen LogP contribution is 2.24. The molecule has 0 aliphatic carbocycles.